The zero-order chi connectivity index (χ0) is 13.0. The molecule has 4 N–H and O–H groups in total. The lowest BCUT2D eigenvalue weighted by molar-refractivity contribution is -0.121. The maximum absolute atomic E-state index is 11.8. The van der Waals surface area contributed by atoms with E-state index in [2.05, 4.69) is 5.32 Å². The van der Waals surface area contributed by atoms with E-state index in [1.165, 1.54) is 0 Å². The van der Waals surface area contributed by atoms with Crippen LogP contribution in [0.25, 0.3) is 0 Å². The number of carbonyl (C=O) groups excluding carboxylic acids is 1. The molecule has 1 amide bonds. The van der Waals surface area contributed by atoms with Crippen LogP contribution in [0.15, 0.2) is 24.3 Å². The van der Waals surface area contributed by atoms with Crippen molar-refractivity contribution in [3.05, 3.63) is 29.8 Å². The van der Waals surface area contributed by atoms with E-state index in [0.29, 0.717) is 5.69 Å². The van der Waals surface area contributed by atoms with Gasteiger partial charge in [-0.25, -0.2) is 0 Å². The highest BCUT2D eigenvalue weighted by Gasteiger charge is 2.23. The summed E-state index contributed by atoms with van der Waals surface area (Å²) in [6.07, 6.45) is 1.36. The van der Waals surface area contributed by atoms with Crippen LogP contribution >= 0.6 is 11.8 Å². The van der Waals surface area contributed by atoms with Gasteiger partial charge in [0.15, 0.2) is 0 Å². The minimum atomic E-state index is -0.680. The number of hydrogen-bond acceptors (Lipinski definition) is 4. The molecular weight excluding hydrogens is 248 g/mol. The van der Waals surface area contributed by atoms with E-state index in [-0.39, 0.29) is 17.7 Å². The molecule has 0 radical (unpaired) electrons. The zero-order valence-electron chi connectivity index (χ0n) is 10.1. The summed E-state index contributed by atoms with van der Waals surface area (Å²) in [5.41, 5.74) is 7.01. The average molecular weight is 266 g/mol. The molecule has 5 heteroatoms. The number of aliphatic hydroxyl groups is 1. The van der Waals surface area contributed by atoms with E-state index in [0.717, 1.165) is 24.2 Å². The normalized spacial score (nSPS) is 20.6. The molecule has 0 aliphatic carbocycles. The Bertz CT molecular complexity index is 402. The number of hydrogen-bond donors (Lipinski definition) is 3. The third-order valence-corrected chi connectivity index (χ3v) is 4.39. The number of thioether (sulfide) groups is 1. The summed E-state index contributed by atoms with van der Waals surface area (Å²) in [6, 6.07) is 7.04. The standard InChI is InChI=1S/C13H18N2O2S/c14-10-5-3-9(4-6-10)11(16)8-15-13(17)12-2-1-7-18-12/h3-6,11-12,16H,1-2,7-8,14H2,(H,15,17). The Hall–Kier alpha value is -1.20. The van der Waals surface area contributed by atoms with Gasteiger partial charge in [-0.3, -0.25) is 4.79 Å². The van der Waals surface area contributed by atoms with Crippen LogP contribution in [0, 0.1) is 0 Å². The molecular formula is C13H18N2O2S. The van der Waals surface area contributed by atoms with E-state index < -0.39 is 6.10 Å². The highest BCUT2D eigenvalue weighted by Crippen LogP contribution is 2.26. The van der Waals surface area contributed by atoms with E-state index in [1.54, 1.807) is 36.0 Å². The van der Waals surface area contributed by atoms with Crippen molar-refractivity contribution in [3.63, 3.8) is 0 Å². The molecule has 1 aliphatic rings. The maximum atomic E-state index is 11.8. The van der Waals surface area contributed by atoms with Crippen LogP contribution in [0.1, 0.15) is 24.5 Å². The summed E-state index contributed by atoms with van der Waals surface area (Å²) in [5.74, 6) is 1.09. The van der Waals surface area contributed by atoms with E-state index in [9.17, 15) is 9.90 Å². The average Bonchev–Trinajstić information content (AvgIpc) is 2.90. The third kappa shape index (κ3) is 3.40. The Morgan fingerprint density at radius 1 is 1.50 bits per heavy atom. The summed E-state index contributed by atoms with van der Waals surface area (Å²) in [5, 5.41) is 12.8. The quantitative estimate of drug-likeness (QED) is 0.718. The first kappa shape index (κ1) is 13.2. The highest BCUT2D eigenvalue weighted by molar-refractivity contribution is 8.00. The smallest absolute Gasteiger partial charge is 0.233 e. The number of benzene rings is 1. The van der Waals surface area contributed by atoms with Gasteiger partial charge in [-0.15, -0.1) is 11.8 Å². The molecule has 1 aliphatic heterocycles. The molecule has 0 bridgehead atoms. The number of amides is 1. The first-order valence-corrected chi connectivity index (χ1v) is 7.14. The maximum Gasteiger partial charge on any atom is 0.233 e. The minimum absolute atomic E-state index is 0.0343. The van der Waals surface area contributed by atoms with Crippen molar-refractivity contribution in [2.75, 3.05) is 18.0 Å². The van der Waals surface area contributed by atoms with Gasteiger partial charge >= 0.3 is 0 Å². The lowest BCUT2D eigenvalue weighted by Gasteiger charge is -2.14. The number of anilines is 1. The molecule has 98 valence electrons. The van der Waals surface area contributed by atoms with Crippen LogP contribution in [0.2, 0.25) is 0 Å². The van der Waals surface area contributed by atoms with Crippen LogP contribution in [0.5, 0.6) is 0 Å². The predicted molar refractivity (Wildman–Crippen MR) is 74.3 cm³/mol. The summed E-state index contributed by atoms with van der Waals surface area (Å²) < 4.78 is 0. The van der Waals surface area contributed by atoms with Gasteiger partial charge in [-0.2, -0.15) is 0 Å². The van der Waals surface area contributed by atoms with E-state index in [1.807, 2.05) is 0 Å². The van der Waals surface area contributed by atoms with Crippen LogP contribution in [-0.2, 0) is 4.79 Å². The molecule has 2 atom stereocenters. The number of nitrogen functional groups attached to an aromatic ring is 1. The molecule has 1 aromatic rings. The fourth-order valence-electron chi connectivity index (χ4n) is 1.93. The summed E-state index contributed by atoms with van der Waals surface area (Å²) in [7, 11) is 0. The number of nitrogens with two attached hydrogens (primary N) is 1. The second-order valence-corrected chi connectivity index (χ2v) is 5.74. The number of rotatable bonds is 4. The Balaban J connectivity index is 1.82. The van der Waals surface area contributed by atoms with Gasteiger partial charge in [0, 0.05) is 12.2 Å². The van der Waals surface area contributed by atoms with Gasteiger partial charge < -0.3 is 16.2 Å². The summed E-state index contributed by atoms with van der Waals surface area (Å²) >= 11 is 1.69. The van der Waals surface area contributed by atoms with Crippen molar-refractivity contribution < 1.29 is 9.90 Å². The zero-order valence-corrected chi connectivity index (χ0v) is 11.0. The van der Waals surface area contributed by atoms with Crippen LogP contribution < -0.4 is 11.1 Å². The molecule has 1 heterocycles. The Morgan fingerprint density at radius 3 is 2.83 bits per heavy atom. The lowest BCUT2D eigenvalue weighted by Crippen LogP contribution is -2.34. The van der Waals surface area contributed by atoms with Crippen molar-refractivity contribution in [2.24, 2.45) is 0 Å². The Kier molecular flexibility index (Phi) is 4.49. The third-order valence-electron chi connectivity index (χ3n) is 3.01. The fourth-order valence-corrected chi connectivity index (χ4v) is 3.12. The molecule has 2 rings (SSSR count). The first-order valence-electron chi connectivity index (χ1n) is 6.09. The number of carbonyl (C=O) groups is 1. The van der Waals surface area contributed by atoms with E-state index >= 15 is 0 Å². The lowest BCUT2D eigenvalue weighted by atomic mass is 10.1. The summed E-state index contributed by atoms with van der Waals surface area (Å²) in [4.78, 5) is 11.8. The molecule has 18 heavy (non-hydrogen) atoms. The van der Waals surface area contributed by atoms with Gasteiger partial charge in [0.2, 0.25) is 5.91 Å². The van der Waals surface area contributed by atoms with Crippen molar-refractivity contribution in [2.45, 2.75) is 24.2 Å². The topological polar surface area (TPSA) is 75.3 Å². The predicted octanol–water partition coefficient (Wildman–Crippen LogP) is 1.31. The molecule has 1 aromatic carbocycles. The van der Waals surface area contributed by atoms with Crippen molar-refractivity contribution in [1.29, 1.82) is 0 Å². The van der Waals surface area contributed by atoms with Gasteiger partial charge in [0.1, 0.15) is 0 Å². The Labute approximate surface area is 111 Å². The molecule has 0 saturated carbocycles. The van der Waals surface area contributed by atoms with Gasteiger partial charge in [0.25, 0.3) is 0 Å². The van der Waals surface area contributed by atoms with Crippen molar-refractivity contribution in [3.8, 4) is 0 Å². The van der Waals surface area contributed by atoms with Gasteiger partial charge in [-0.1, -0.05) is 12.1 Å². The minimum Gasteiger partial charge on any atom is -0.399 e. The number of aliphatic hydroxyl groups excluding tert-OH is 1. The highest BCUT2D eigenvalue weighted by atomic mass is 32.2. The molecule has 1 fully saturated rings. The van der Waals surface area contributed by atoms with Gasteiger partial charge in [0.05, 0.1) is 11.4 Å². The van der Waals surface area contributed by atoms with Crippen LogP contribution in [-0.4, -0.2) is 28.6 Å². The second-order valence-electron chi connectivity index (χ2n) is 4.43. The van der Waals surface area contributed by atoms with E-state index in [4.69, 9.17) is 5.73 Å². The first-order chi connectivity index (χ1) is 8.66. The molecule has 4 nitrogen and oxygen atoms in total. The largest absolute Gasteiger partial charge is 0.399 e. The fraction of sp³-hybridized carbons (Fsp3) is 0.462. The van der Waals surface area contributed by atoms with Gasteiger partial charge in [-0.05, 0) is 36.3 Å². The monoisotopic (exact) mass is 266 g/mol. The van der Waals surface area contributed by atoms with Crippen molar-refractivity contribution in [1.82, 2.24) is 5.32 Å². The SMILES string of the molecule is Nc1ccc(C(O)CNC(=O)C2CCCS2)cc1. The number of nitrogens with one attached hydrogen (secondary N) is 1. The molecule has 2 unspecified atom stereocenters. The molecule has 1 saturated heterocycles. The van der Waals surface area contributed by atoms with Crippen LogP contribution in [0.4, 0.5) is 5.69 Å². The second kappa shape index (κ2) is 6.11. The van der Waals surface area contributed by atoms with Crippen LogP contribution in [0.3, 0.4) is 0 Å². The van der Waals surface area contributed by atoms with Crippen molar-refractivity contribution >= 4 is 23.4 Å². The Morgan fingerprint density at radius 2 is 2.22 bits per heavy atom. The summed E-state index contributed by atoms with van der Waals surface area (Å²) in [6.45, 7) is 0.250. The molecule has 0 spiro atoms. The molecule has 0 aromatic heterocycles.